The lowest BCUT2D eigenvalue weighted by atomic mass is 9.86. The number of halogens is 1. The molecular formula is C12H16BrN. The molecule has 2 N–H and O–H groups in total. The maximum absolute atomic E-state index is 6.07. The van der Waals surface area contributed by atoms with Crippen molar-refractivity contribution in [2.75, 3.05) is 0 Å². The first kappa shape index (κ1) is 10.2. The maximum atomic E-state index is 6.07. The van der Waals surface area contributed by atoms with Crippen LogP contribution < -0.4 is 5.73 Å². The van der Waals surface area contributed by atoms with Crippen molar-refractivity contribution in [1.82, 2.24) is 0 Å². The van der Waals surface area contributed by atoms with Crippen LogP contribution in [-0.2, 0) is 5.41 Å². The summed E-state index contributed by atoms with van der Waals surface area (Å²) in [5.41, 5.74) is 9.14. The summed E-state index contributed by atoms with van der Waals surface area (Å²) in [6.45, 7) is 4.29. The van der Waals surface area contributed by atoms with Gasteiger partial charge in [0.2, 0.25) is 0 Å². The van der Waals surface area contributed by atoms with Crippen molar-refractivity contribution in [3.05, 3.63) is 33.8 Å². The van der Waals surface area contributed by atoms with Crippen LogP contribution in [0.25, 0.3) is 0 Å². The fourth-order valence-corrected chi connectivity index (χ4v) is 2.60. The molecule has 1 saturated carbocycles. The van der Waals surface area contributed by atoms with Gasteiger partial charge in [-0.1, -0.05) is 22.0 Å². The summed E-state index contributed by atoms with van der Waals surface area (Å²) in [7, 11) is 0. The van der Waals surface area contributed by atoms with Gasteiger partial charge in [0.1, 0.15) is 0 Å². The molecule has 0 aromatic heterocycles. The zero-order valence-electron chi connectivity index (χ0n) is 8.68. The van der Waals surface area contributed by atoms with E-state index in [1.165, 1.54) is 24.0 Å². The molecule has 1 fully saturated rings. The second-order valence-electron chi connectivity index (χ2n) is 4.40. The molecule has 1 aliphatic carbocycles. The third kappa shape index (κ3) is 1.51. The molecule has 2 rings (SSSR count). The Kier molecular flexibility index (Phi) is 2.44. The zero-order chi connectivity index (χ0) is 10.3. The molecule has 0 spiro atoms. The van der Waals surface area contributed by atoms with E-state index in [0.29, 0.717) is 0 Å². The molecule has 76 valence electrons. The molecule has 0 aliphatic heterocycles. The number of aryl methyl sites for hydroxylation is 1. The highest BCUT2D eigenvalue weighted by molar-refractivity contribution is 9.10. The van der Waals surface area contributed by atoms with Crippen LogP contribution in [-0.4, -0.2) is 6.04 Å². The third-order valence-corrected chi connectivity index (χ3v) is 3.89. The van der Waals surface area contributed by atoms with E-state index in [9.17, 15) is 0 Å². The van der Waals surface area contributed by atoms with Gasteiger partial charge in [0.05, 0.1) is 0 Å². The summed E-state index contributed by atoms with van der Waals surface area (Å²) in [4.78, 5) is 0. The van der Waals surface area contributed by atoms with Gasteiger partial charge in [0.15, 0.2) is 0 Å². The minimum Gasteiger partial charge on any atom is -0.327 e. The minimum atomic E-state index is 0.260. The zero-order valence-corrected chi connectivity index (χ0v) is 10.3. The SMILES string of the molecule is Cc1ccc(Br)cc1C1(C(C)N)CC1. The smallest absolute Gasteiger partial charge is 0.0178 e. The van der Waals surface area contributed by atoms with Gasteiger partial charge in [0, 0.05) is 15.9 Å². The fraction of sp³-hybridized carbons (Fsp3) is 0.500. The third-order valence-electron chi connectivity index (χ3n) is 3.40. The van der Waals surface area contributed by atoms with E-state index < -0.39 is 0 Å². The second-order valence-corrected chi connectivity index (χ2v) is 5.32. The summed E-state index contributed by atoms with van der Waals surface area (Å²) in [6, 6.07) is 6.75. The Balaban J connectivity index is 2.46. The number of benzene rings is 1. The van der Waals surface area contributed by atoms with E-state index >= 15 is 0 Å². The Hall–Kier alpha value is -0.340. The monoisotopic (exact) mass is 253 g/mol. The lowest BCUT2D eigenvalue weighted by molar-refractivity contribution is 0.553. The second kappa shape index (κ2) is 3.35. The summed E-state index contributed by atoms with van der Waals surface area (Å²) in [6.07, 6.45) is 2.48. The summed E-state index contributed by atoms with van der Waals surface area (Å²) >= 11 is 3.52. The van der Waals surface area contributed by atoms with Gasteiger partial charge in [-0.15, -0.1) is 0 Å². The number of hydrogen-bond acceptors (Lipinski definition) is 1. The van der Waals surface area contributed by atoms with E-state index in [0.717, 1.165) is 4.47 Å². The summed E-state index contributed by atoms with van der Waals surface area (Å²) < 4.78 is 1.16. The average Bonchev–Trinajstić information content (AvgIpc) is 2.90. The van der Waals surface area contributed by atoms with E-state index in [1.54, 1.807) is 0 Å². The molecule has 1 aliphatic rings. The van der Waals surface area contributed by atoms with Gasteiger partial charge in [0.25, 0.3) is 0 Å². The lowest BCUT2D eigenvalue weighted by Crippen LogP contribution is -2.32. The number of nitrogens with two attached hydrogens (primary N) is 1. The quantitative estimate of drug-likeness (QED) is 0.862. The molecule has 14 heavy (non-hydrogen) atoms. The predicted octanol–water partition coefficient (Wildman–Crippen LogP) is 3.14. The van der Waals surface area contributed by atoms with E-state index in [4.69, 9.17) is 5.73 Å². The van der Waals surface area contributed by atoms with Crippen molar-refractivity contribution in [3.63, 3.8) is 0 Å². The average molecular weight is 254 g/mol. The Morgan fingerprint density at radius 1 is 1.43 bits per heavy atom. The first-order chi connectivity index (χ1) is 6.56. The van der Waals surface area contributed by atoms with Crippen molar-refractivity contribution >= 4 is 15.9 Å². The highest BCUT2D eigenvalue weighted by Crippen LogP contribution is 2.51. The standard InChI is InChI=1S/C12H16BrN/c1-8-3-4-10(13)7-11(8)12(5-6-12)9(2)14/h3-4,7,9H,5-6,14H2,1-2H3. The predicted molar refractivity (Wildman–Crippen MR) is 63.4 cm³/mol. The molecule has 0 radical (unpaired) electrons. The van der Waals surface area contributed by atoms with E-state index in [2.05, 4.69) is 48.0 Å². The molecule has 1 aromatic rings. The largest absolute Gasteiger partial charge is 0.327 e. The summed E-state index contributed by atoms with van der Waals surface area (Å²) in [5.74, 6) is 0. The van der Waals surface area contributed by atoms with E-state index in [-0.39, 0.29) is 11.5 Å². The van der Waals surface area contributed by atoms with Crippen molar-refractivity contribution in [2.24, 2.45) is 5.73 Å². The summed E-state index contributed by atoms with van der Waals surface area (Å²) in [5, 5.41) is 0. The highest BCUT2D eigenvalue weighted by Gasteiger charge is 2.48. The molecule has 1 unspecified atom stereocenters. The number of hydrogen-bond donors (Lipinski definition) is 1. The Morgan fingerprint density at radius 2 is 2.07 bits per heavy atom. The molecule has 2 heteroatoms. The molecule has 0 heterocycles. The van der Waals surface area contributed by atoms with Crippen molar-refractivity contribution in [2.45, 2.75) is 38.1 Å². The molecule has 1 atom stereocenters. The Bertz CT molecular complexity index is 353. The minimum absolute atomic E-state index is 0.260. The topological polar surface area (TPSA) is 26.0 Å². The van der Waals surface area contributed by atoms with Crippen LogP contribution in [0.15, 0.2) is 22.7 Å². The van der Waals surface area contributed by atoms with Crippen molar-refractivity contribution in [3.8, 4) is 0 Å². The van der Waals surface area contributed by atoms with Gasteiger partial charge in [-0.25, -0.2) is 0 Å². The van der Waals surface area contributed by atoms with Crippen LogP contribution in [0.2, 0.25) is 0 Å². The number of rotatable bonds is 2. The van der Waals surface area contributed by atoms with Gasteiger partial charge >= 0.3 is 0 Å². The molecular weight excluding hydrogens is 238 g/mol. The van der Waals surface area contributed by atoms with Gasteiger partial charge in [-0.05, 0) is 49.9 Å². The van der Waals surface area contributed by atoms with Crippen LogP contribution >= 0.6 is 15.9 Å². The molecule has 0 saturated heterocycles. The normalized spacial score (nSPS) is 20.6. The van der Waals surface area contributed by atoms with Crippen LogP contribution in [0.5, 0.6) is 0 Å². The van der Waals surface area contributed by atoms with Crippen LogP contribution in [0.1, 0.15) is 30.9 Å². The molecule has 0 amide bonds. The van der Waals surface area contributed by atoms with Crippen molar-refractivity contribution in [1.29, 1.82) is 0 Å². The van der Waals surface area contributed by atoms with Crippen molar-refractivity contribution < 1.29 is 0 Å². The van der Waals surface area contributed by atoms with E-state index in [1.807, 2.05) is 0 Å². The molecule has 1 nitrogen and oxygen atoms in total. The maximum Gasteiger partial charge on any atom is 0.0178 e. The van der Waals surface area contributed by atoms with Crippen LogP contribution in [0, 0.1) is 6.92 Å². The lowest BCUT2D eigenvalue weighted by Gasteiger charge is -2.22. The first-order valence-electron chi connectivity index (χ1n) is 5.08. The molecule has 1 aromatic carbocycles. The van der Waals surface area contributed by atoms with Gasteiger partial charge in [-0.3, -0.25) is 0 Å². The van der Waals surface area contributed by atoms with Crippen LogP contribution in [0.4, 0.5) is 0 Å². The fourth-order valence-electron chi connectivity index (χ4n) is 2.24. The van der Waals surface area contributed by atoms with Gasteiger partial charge < -0.3 is 5.73 Å². The Morgan fingerprint density at radius 3 is 2.57 bits per heavy atom. The highest BCUT2D eigenvalue weighted by atomic mass is 79.9. The Labute approximate surface area is 93.8 Å². The molecule has 0 bridgehead atoms. The van der Waals surface area contributed by atoms with Gasteiger partial charge in [-0.2, -0.15) is 0 Å². The first-order valence-corrected chi connectivity index (χ1v) is 5.88. The van der Waals surface area contributed by atoms with Crippen LogP contribution in [0.3, 0.4) is 0 Å².